The third-order valence-electron chi connectivity index (χ3n) is 5.27. The molecular weight excluding hydrogens is 338 g/mol. The molecule has 1 fully saturated rings. The van der Waals surface area contributed by atoms with Gasteiger partial charge in [-0.2, -0.15) is 0 Å². The van der Waals surface area contributed by atoms with Crippen molar-refractivity contribution in [3.8, 4) is 0 Å². The minimum absolute atomic E-state index is 0.00739. The Balaban J connectivity index is 1.39. The van der Waals surface area contributed by atoms with Gasteiger partial charge in [-0.3, -0.25) is 14.6 Å². The molecule has 0 saturated heterocycles. The molecular formula is C22H27N3O2. The first-order valence-corrected chi connectivity index (χ1v) is 9.61. The molecule has 27 heavy (non-hydrogen) atoms. The van der Waals surface area contributed by atoms with Crippen molar-refractivity contribution in [2.75, 3.05) is 0 Å². The van der Waals surface area contributed by atoms with Crippen molar-refractivity contribution in [2.45, 2.75) is 45.7 Å². The fourth-order valence-electron chi connectivity index (χ4n) is 3.49. The monoisotopic (exact) mass is 365 g/mol. The lowest BCUT2D eigenvalue weighted by atomic mass is 9.81. The summed E-state index contributed by atoms with van der Waals surface area (Å²) in [7, 11) is 0. The quantitative estimate of drug-likeness (QED) is 0.826. The second-order valence-electron chi connectivity index (χ2n) is 7.33. The molecule has 5 nitrogen and oxygen atoms in total. The van der Waals surface area contributed by atoms with Crippen LogP contribution in [-0.4, -0.2) is 16.8 Å². The van der Waals surface area contributed by atoms with E-state index in [9.17, 15) is 9.59 Å². The van der Waals surface area contributed by atoms with Crippen molar-refractivity contribution in [1.82, 2.24) is 15.6 Å². The fourth-order valence-corrected chi connectivity index (χ4v) is 3.49. The molecule has 2 aromatic rings. The Hall–Kier alpha value is -2.69. The Morgan fingerprint density at radius 1 is 0.815 bits per heavy atom. The topological polar surface area (TPSA) is 71.1 Å². The second-order valence-corrected chi connectivity index (χ2v) is 7.33. The Bertz CT molecular complexity index is 751. The number of nitrogens with one attached hydrogen (secondary N) is 2. The number of aryl methyl sites for hydroxylation is 1. The number of amides is 2. The van der Waals surface area contributed by atoms with Gasteiger partial charge >= 0.3 is 0 Å². The van der Waals surface area contributed by atoms with Crippen LogP contribution in [0.3, 0.4) is 0 Å². The highest BCUT2D eigenvalue weighted by atomic mass is 16.2. The summed E-state index contributed by atoms with van der Waals surface area (Å²) >= 11 is 0. The van der Waals surface area contributed by atoms with E-state index in [0.717, 1.165) is 36.8 Å². The van der Waals surface area contributed by atoms with E-state index in [1.807, 2.05) is 31.2 Å². The van der Waals surface area contributed by atoms with E-state index in [1.54, 1.807) is 12.4 Å². The van der Waals surface area contributed by atoms with E-state index in [2.05, 4.69) is 27.8 Å². The molecule has 1 aromatic carbocycles. The van der Waals surface area contributed by atoms with Crippen LogP contribution in [0.4, 0.5) is 0 Å². The molecule has 0 unspecified atom stereocenters. The van der Waals surface area contributed by atoms with Crippen LogP contribution in [0.15, 0.2) is 48.8 Å². The number of aromatic nitrogens is 1. The van der Waals surface area contributed by atoms with Gasteiger partial charge in [0, 0.05) is 37.3 Å². The molecule has 0 bridgehead atoms. The average molecular weight is 365 g/mol. The van der Waals surface area contributed by atoms with E-state index in [0.29, 0.717) is 13.1 Å². The van der Waals surface area contributed by atoms with Crippen LogP contribution in [0.5, 0.6) is 0 Å². The molecule has 3 rings (SSSR count). The molecule has 1 aliphatic rings. The SMILES string of the molecule is Cc1ccc(CNC(=O)C2CCC(C(=O)NCc3ccncc3)CC2)cc1. The summed E-state index contributed by atoms with van der Waals surface area (Å²) in [6, 6.07) is 12.0. The molecule has 1 aromatic heterocycles. The second kappa shape index (κ2) is 9.31. The smallest absolute Gasteiger partial charge is 0.223 e. The largest absolute Gasteiger partial charge is 0.352 e. The maximum atomic E-state index is 12.4. The third kappa shape index (κ3) is 5.64. The van der Waals surface area contributed by atoms with E-state index in [-0.39, 0.29) is 23.7 Å². The Morgan fingerprint density at radius 2 is 1.26 bits per heavy atom. The van der Waals surface area contributed by atoms with Gasteiger partial charge in [0.1, 0.15) is 0 Å². The lowest BCUT2D eigenvalue weighted by Gasteiger charge is -2.27. The molecule has 2 N–H and O–H groups in total. The number of rotatable bonds is 6. The molecule has 1 heterocycles. The highest BCUT2D eigenvalue weighted by Gasteiger charge is 2.29. The predicted molar refractivity (Wildman–Crippen MR) is 105 cm³/mol. The molecule has 5 heteroatoms. The van der Waals surface area contributed by atoms with Gasteiger partial charge in [0.2, 0.25) is 11.8 Å². The van der Waals surface area contributed by atoms with Crippen molar-refractivity contribution >= 4 is 11.8 Å². The summed E-state index contributed by atoms with van der Waals surface area (Å²) in [5, 5.41) is 6.03. The minimum atomic E-state index is 0.00739. The highest BCUT2D eigenvalue weighted by molar-refractivity contribution is 5.81. The summed E-state index contributed by atoms with van der Waals surface area (Å²) < 4.78 is 0. The summed E-state index contributed by atoms with van der Waals surface area (Å²) in [4.78, 5) is 28.7. The van der Waals surface area contributed by atoms with Crippen LogP contribution >= 0.6 is 0 Å². The minimum Gasteiger partial charge on any atom is -0.352 e. The molecule has 0 radical (unpaired) electrons. The number of nitrogens with zero attached hydrogens (tertiary/aromatic N) is 1. The predicted octanol–water partition coefficient (Wildman–Crippen LogP) is 3.13. The number of hydrogen-bond acceptors (Lipinski definition) is 3. The number of hydrogen-bond donors (Lipinski definition) is 2. The van der Waals surface area contributed by atoms with Crippen LogP contribution in [0.1, 0.15) is 42.4 Å². The number of benzene rings is 1. The number of carbonyl (C=O) groups is 2. The van der Waals surface area contributed by atoms with Gasteiger partial charge in [0.15, 0.2) is 0 Å². The van der Waals surface area contributed by atoms with Crippen LogP contribution in [0, 0.1) is 18.8 Å². The standard InChI is InChI=1S/C22H27N3O2/c1-16-2-4-17(5-3-16)14-24-21(26)19-6-8-20(9-7-19)22(27)25-15-18-10-12-23-13-11-18/h2-5,10-13,19-20H,6-9,14-15H2,1H3,(H,24,26)(H,25,27). The van der Waals surface area contributed by atoms with E-state index in [4.69, 9.17) is 0 Å². The van der Waals surface area contributed by atoms with Gasteiger partial charge < -0.3 is 10.6 Å². The summed E-state index contributed by atoms with van der Waals surface area (Å²) in [5.74, 6) is 0.212. The molecule has 1 saturated carbocycles. The van der Waals surface area contributed by atoms with Crippen LogP contribution < -0.4 is 10.6 Å². The van der Waals surface area contributed by atoms with Crippen molar-refractivity contribution < 1.29 is 9.59 Å². The van der Waals surface area contributed by atoms with Crippen LogP contribution in [0.2, 0.25) is 0 Å². The first-order valence-electron chi connectivity index (χ1n) is 9.61. The lowest BCUT2D eigenvalue weighted by molar-refractivity contribution is -0.130. The number of pyridine rings is 1. The average Bonchev–Trinajstić information content (AvgIpc) is 2.72. The summed E-state index contributed by atoms with van der Waals surface area (Å²) in [6.07, 6.45) is 6.53. The van der Waals surface area contributed by atoms with Crippen molar-refractivity contribution in [3.63, 3.8) is 0 Å². The third-order valence-corrected chi connectivity index (χ3v) is 5.27. The molecule has 1 aliphatic carbocycles. The van der Waals surface area contributed by atoms with Crippen molar-refractivity contribution in [1.29, 1.82) is 0 Å². The zero-order valence-corrected chi connectivity index (χ0v) is 15.8. The summed E-state index contributed by atoms with van der Waals surface area (Å²) in [5.41, 5.74) is 3.37. The first-order chi connectivity index (χ1) is 13.1. The fraction of sp³-hybridized carbons (Fsp3) is 0.409. The molecule has 2 amide bonds. The Labute approximate surface area is 160 Å². The maximum Gasteiger partial charge on any atom is 0.223 e. The van der Waals surface area contributed by atoms with Gasteiger partial charge in [-0.05, 0) is 55.9 Å². The van der Waals surface area contributed by atoms with E-state index in [1.165, 1.54) is 5.56 Å². The molecule has 0 atom stereocenters. The van der Waals surface area contributed by atoms with Gasteiger partial charge in [0.05, 0.1) is 0 Å². The molecule has 142 valence electrons. The van der Waals surface area contributed by atoms with Gasteiger partial charge in [-0.1, -0.05) is 29.8 Å². The molecule has 0 spiro atoms. The summed E-state index contributed by atoms with van der Waals surface area (Å²) in [6.45, 7) is 3.14. The maximum absolute atomic E-state index is 12.4. The van der Waals surface area contributed by atoms with E-state index < -0.39 is 0 Å². The van der Waals surface area contributed by atoms with Crippen molar-refractivity contribution in [2.24, 2.45) is 11.8 Å². The zero-order chi connectivity index (χ0) is 19.1. The first kappa shape index (κ1) is 19.1. The lowest BCUT2D eigenvalue weighted by Crippen LogP contribution is -2.37. The van der Waals surface area contributed by atoms with Crippen LogP contribution in [-0.2, 0) is 22.7 Å². The van der Waals surface area contributed by atoms with Crippen LogP contribution in [0.25, 0.3) is 0 Å². The van der Waals surface area contributed by atoms with Gasteiger partial charge in [-0.15, -0.1) is 0 Å². The van der Waals surface area contributed by atoms with Crippen molar-refractivity contribution in [3.05, 3.63) is 65.5 Å². The normalized spacial score (nSPS) is 19.3. The van der Waals surface area contributed by atoms with Gasteiger partial charge in [-0.25, -0.2) is 0 Å². The zero-order valence-electron chi connectivity index (χ0n) is 15.8. The highest BCUT2D eigenvalue weighted by Crippen LogP contribution is 2.29. The molecule has 0 aliphatic heterocycles. The van der Waals surface area contributed by atoms with Gasteiger partial charge in [0.25, 0.3) is 0 Å². The Kier molecular flexibility index (Phi) is 6.58. The number of carbonyl (C=O) groups excluding carboxylic acids is 2. The Morgan fingerprint density at radius 3 is 1.74 bits per heavy atom. The van der Waals surface area contributed by atoms with E-state index >= 15 is 0 Å².